The summed E-state index contributed by atoms with van der Waals surface area (Å²) in [4.78, 5) is 4.97. The Bertz CT molecular complexity index is 1340. The van der Waals surface area contributed by atoms with E-state index in [1.165, 1.54) is 0 Å². The third-order valence-electron chi connectivity index (χ3n) is 4.92. The van der Waals surface area contributed by atoms with E-state index in [1.807, 2.05) is 31.2 Å². The zero-order valence-electron chi connectivity index (χ0n) is 16.4. The minimum Gasteiger partial charge on any atom is -0.328 e. The number of sulfonamides is 1. The van der Waals surface area contributed by atoms with Crippen LogP contribution in [0.1, 0.15) is 23.9 Å². The molecule has 0 radical (unpaired) electrons. The lowest BCUT2D eigenvalue weighted by molar-refractivity contribution is 0.601. The molecular weight excluding hydrogens is 396 g/mol. The lowest BCUT2D eigenvalue weighted by atomic mass is 10.1. The molecule has 0 unspecified atom stereocenters. The van der Waals surface area contributed by atoms with Gasteiger partial charge in [-0.25, -0.2) is 13.4 Å². The van der Waals surface area contributed by atoms with Crippen LogP contribution >= 0.6 is 0 Å². The number of fused-ring (bicyclic) bond motifs is 1. The average Bonchev–Trinajstić information content (AvgIpc) is 3.13. The van der Waals surface area contributed by atoms with Gasteiger partial charge in [0.1, 0.15) is 11.3 Å². The second kappa shape index (κ2) is 8.01. The van der Waals surface area contributed by atoms with E-state index in [9.17, 15) is 8.42 Å². The third kappa shape index (κ3) is 3.78. The number of nitriles is 1. The molecule has 1 aromatic heterocycles. The minimum absolute atomic E-state index is 0.203. The van der Waals surface area contributed by atoms with E-state index in [0.717, 1.165) is 16.9 Å². The predicted octanol–water partition coefficient (Wildman–Crippen LogP) is 4.32. The summed E-state index contributed by atoms with van der Waals surface area (Å²) in [6, 6.07) is 23.3. The van der Waals surface area contributed by atoms with Crippen molar-refractivity contribution in [3.63, 3.8) is 0 Å². The van der Waals surface area contributed by atoms with Gasteiger partial charge < -0.3 is 4.57 Å². The number of imidazole rings is 1. The Morgan fingerprint density at radius 2 is 1.73 bits per heavy atom. The maximum Gasteiger partial charge on any atom is 0.261 e. The standard InChI is InChI=1S/C23H20N4O2S/c1-2-27-21-10-6-9-20(26-30(28,29)19-7-4-3-5-8-19)23(21)25-22(27)15-17-11-13-18(16-24)14-12-17/h3-14,26H,2,15H2,1H3. The average molecular weight is 417 g/mol. The molecule has 4 aromatic rings. The number of hydrogen-bond acceptors (Lipinski definition) is 4. The number of aromatic nitrogens is 2. The van der Waals surface area contributed by atoms with E-state index in [0.29, 0.717) is 29.7 Å². The van der Waals surface area contributed by atoms with Crippen molar-refractivity contribution in [3.05, 3.63) is 89.7 Å². The molecule has 1 heterocycles. The topological polar surface area (TPSA) is 87.8 Å². The minimum atomic E-state index is -3.71. The lowest BCUT2D eigenvalue weighted by Gasteiger charge is -2.09. The molecule has 4 rings (SSSR count). The van der Waals surface area contributed by atoms with E-state index < -0.39 is 10.0 Å². The van der Waals surface area contributed by atoms with Gasteiger partial charge in [0.15, 0.2) is 0 Å². The first-order valence-corrected chi connectivity index (χ1v) is 11.0. The molecule has 0 fully saturated rings. The summed E-state index contributed by atoms with van der Waals surface area (Å²) < 4.78 is 30.3. The summed E-state index contributed by atoms with van der Waals surface area (Å²) in [6.07, 6.45) is 0.582. The van der Waals surface area contributed by atoms with Crippen LogP contribution in [0.4, 0.5) is 5.69 Å². The highest BCUT2D eigenvalue weighted by Gasteiger charge is 2.18. The number of nitrogens with one attached hydrogen (secondary N) is 1. The Hall–Kier alpha value is -3.63. The second-order valence-electron chi connectivity index (χ2n) is 6.85. The van der Waals surface area contributed by atoms with Gasteiger partial charge in [-0.15, -0.1) is 0 Å². The zero-order valence-corrected chi connectivity index (χ0v) is 17.2. The maximum atomic E-state index is 12.8. The van der Waals surface area contributed by atoms with Crippen LogP contribution in [0, 0.1) is 11.3 Å². The van der Waals surface area contributed by atoms with Crippen LogP contribution in [0.5, 0.6) is 0 Å². The highest BCUT2D eigenvalue weighted by Crippen LogP contribution is 2.27. The number of benzene rings is 3. The number of rotatable bonds is 6. The van der Waals surface area contributed by atoms with Crippen molar-refractivity contribution in [2.45, 2.75) is 24.8 Å². The van der Waals surface area contributed by atoms with Gasteiger partial charge in [0.05, 0.1) is 27.7 Å². The van der Waals surface area contributed by atoms with Gasteiger partial charge in [-0.1, -0.05) is 36.4 Å². The molecule has 0 saturated carbocycles. The molecule has 30 heavy (non-hydrogen) atoms. The van der Waals surface area contributed by atoms with E-state index >= 15 is 0 Å². The van der Waals surface area contributed by atoms with Crippen LogP contribution in [-0.4, -0.2) is 18.0 Å². The molecule has 0 aliphatic rings. The number of hydrogen-bond donors (Lipinski definition) is 1. The molecule has 150 valence electrons. The van der Waals surface area contributed by atoms with Crippen LogP contribution < -0.4 is 4.72 Å². The van der Waals surface area contributed by atoms with Crippen LogP contribution in [0.2, 0.25) is 0 Å². The fourth-order valence-corrected chi connectivity index (χ4v) is 4.54. The van der Waals surface area contributed by atoms with Gasteiger partial charge in [0.25, 0.3) is 10.0 Å². The Kier molecular flexibility index (Phi) is 5.25. The summed E-state index contributed by atoms with van der Waals surface area (Å²) in [7, 11) is -3.71. The molecule has 7 heteroatoms. The monoisotopic (exact) mass is 416 g/mol. The van der Waals surface area contributed by atoms with Crippen molar-refractivity contribution in [3.8, 4) is 6.07 Å². The third-order valence-corrected chi connectivity index (χ3v) is 6.30. The zero-order chi connectivity index (χ0) is 21.1. The summed E-state index contributed by atoms with van der Waals surface area (Å²) in [5, 5.41) is 8.98. The van der Waals surface area contributed by atoms with Crippen molar-refractivity contribution >= 4 is 26.7 Å². The van der Waals surface area contributed by atoms with E-state index in [-0.39, 0.29) is 4.90 Å². The molecule has 0 aliphatic heterocycles. The van der Waals surface area contributed by atoms with Crippen molar-refractivity contribution in [2.75, 3.05) is 4.72 Å². The number of nitrogens with zero attached hydrogens (tertiary/aromatic N) is 3. The largest absolute Gasteiger partial charge is 0.328 e. The van der Waals surface area contributed by atoms with Crippen LogP contribution in [-0.2, 0) is 23.0 Å². The molecule has 3 aromatic carbocycles. The quantitative estimate of drug-likeness (QED) is 0.507. The van der Waals surface area contributed by atoms with Gasteiger partial charge in [0, 0.05) is 13.0 Å². The van der Waals surface area contributed by atoms with Crippen molar-refractivity contribution < 1.29 is 8.42 Å². The molecular formula is C23H20N4O2S. The highest BCUT2D eigenvalue weighted by molar-refractivity contribution is 7.92. The van der Waals surface area contributed by atoms with Gasteiger partial charge in [-0.2, -0.15) is 5.26 Å². The van der Waals surface area contributed by atoms with Crippen LogP contribution in [0.15, 0.2) is 77.7 Å². The Labute approximate surface area is 175 Å². The number of para-hydroxylation sites is 1. The van der Waals surface area contributed by atoms with Crippen molar-refractivity contribution in [1.82, 2.24) is 9.55 Å². The molecule has 1 N–H and O–H groups in total. The Morgan fingerprint density at radius 3 is 2.40 bits per heavy atom. The summed E-state index contributed by atoms with van der Waals surface area (Å²) in [5.41, 5.74) is 3.58. The molecule has 6 nitrogen and oxygen atoms in total. The van der Waals surface area contributed by atoms with Crippen LogP contribution in [0.3, 0.4) is 0 Å². The SMILES string of the molecule is CCn1c(Cc2ccc(C#N)cc2)nc2c(NS(=O)(=O)c3ccccc3)cccc21. The van der Waals surface area contributed by atoms with E-state index in [4.69, 9.17) is 10.2 Å². The van der Waals surface area contributed by atoms with Gasteiger partial charge >= 0.3 is 0 Å². The summed E-state index contributed by atoms with van der Waals surface area (Å²) >= 11 is 0. The number of aryl methyl sites for hydroxylation is 1. The molecule has 0 atom stereocenters. The predicted molar refractivity (Wildman–Crippen MR) is 117 cm³/mol. The van der Waals surface area contributed by atoms with Gasteiger partial charge in [0.2, 0.25) is 0 Å². The molecule has 0 aliphatic carbocycles. The normalized spacial score (nSPS) is 11.3. The van der Waals surface area contributed by atoms with Crippen LogP contribution in [0.25, 0.3) is 11.0 Å². The number of anilines is 1. The van der Waals surface area contributed by atoms with Gasteiger partial charge in [-0.05, 0) is 48.9 Å². The fourth-order valence-electron chi connectivity index (χ4n) is 3.45. The Balaban J connectivity index is 1.73. The summed E-state index contributed by atoms with van der Waals surface area (Å²) in [6.45, 7) is 2.74. The maximum absolute atomic E-state index is 12.8. The first-order valence-electron chi connectivity index (χ1n) is 9.57. The first-order chi connectivity index (χ1) is 14.5. The Morgan fingerprint density at radius 1 is 1.00 bits per heavy atom. The highest BCUT2D eigenvalue weighted by atomic mass is 32.2. The molecule has 0 bridgehead atoms. The smallest absolute Gasteiger partial charge is 0.261 e. The second-order valence-corrected chi connectivity index (χ2v) is 8.53. The molecule has 0 spiro atoms. The fraction of sp³-hybridized carbons (Fsp3) is 0.130. The lowest BCUT2D eigenvalue weighted by Crippen LogP contribution is -2.13. The van der Waals surface area contributed by atoms with E-state index in [2.05, 4.69) is 15.4 Å². The summed E-state index contributed by atoms with van der Waals surface area (Å²) in [5.74, 6) is 0.837. The van der Waals surface area contributed by atoms with E-state index in [1.54, 1.807) is 48.5 Å². The molecule has 0 amide bonds. The first kappa shape index (κ1) is 19.7. The van der Waals surface area contributed by atoms with Crippen molar-refractivity contribution in [1.29, 1.82) is 5.26 Å². The molecule has 0 saturated heterocycles. The van der Waals surface area contributed by atoms with Crippen molar-refractivity contribution in [2.24, 2.45) is 0 Å². The van der Waals surface area contributed by atoms with Gasteiger partial charge in [-0.3, -0.25) is 4.72 Å².